The van der Waals surface area contributed by atoms with Crippen LogP contribution in [0.1, 0.15) is 83.6 Å². The molecule has 4 fully saturated rings. The predicted octanol–water partition coefficient (Wildman–Crippen LogP) is 6.01. The number of rotatable bonds is 7. The third-order valence-corrected chi connectivity index (χ3v) is 14.5. The Bertz CT molecular complexity index is 1950. The molecule has 1 aromatic heterocycles. The molecule has 0 bridgehead atoms. The maximum atomic E-state index is 14.5. The number of carbonyl (C=O) groups excluding carboxylic acids is 3. The topological polar surface area (TPSA) is 147 Å². The van der Waals surface area contributed by atoms with Gasteiger partial charge in [0.2, 0.25) is 21.8 Å². The van der Waals surface area contributed by atoms with Crippen LogP contribution in [0.2, 0.25) is 0 Å². The number of hydrogen-bond donors (Lipinski definition) is 3. The van der Waals surface area contributed by atoms with E-state index in [0.717, 1.165) is 48.0 Å². The Morgan fingerprint density at radius 2 is 1.74 bits per heavy atom. The third kappa shape index (κ3) is 7.71. The molecule has 2 aromatic carbocycles. The number of anilines is 1. The molecule has 3 N–H and O–H groups in total. The first-order valence-electron chi connectivity index (χ1n) is 18.2. The number of fused-ring (bicyclic) bond motifs is 3. The summed E-state index contributed by atoms with van der Waals surface area (Å²) >= 11 is 1.33. The fraction of sp³-hybridized carbons (Fsp3) is 0.568. The van der Waals surface area contributed by atoms with Gasteiger partial charge in [-0.1, -0.05) is 62.5 Å². The molecule has 2 saturated carbocycles. The quantitative estimate of drug-likeness (QED) is 0.265. The van der Waals surface area contributed by atoms with Crippen LogP contribution in [0.3, 0.4) is 0 Å². The number of nitrogens with zero attached hydrogens (tertiary/aromatic N) is 2. The molecule has 3 amide bonds. The molecule has 3 aromatic rings. The molecule has 11 nitrogen and oxygen atoms in total. The van der Waals surface area contributed by atoms with Crippen molar-refractivity contribution in [1.82, 2.24) is 19.9 Å². The second-order valence-corrected chi connectivity index (χ2v) is 18.5. The number of ether oxygens (including phenoxy) is 1. The largest absolute Gasteiger partial charge is 0.465 e. The number of thiazole rings is 1. The molecular weight excluding hydrogens is 732 g/mol. The minimum atomic E-state index is -4.52. The second kappa shape index (κ2) is 14.1. The van der Waals surface area contributed by atoms with Gasteiger partial charge >= 0.3 is 6.18 Å². The molecule has 0 spiro atoms. The number of para-hydroxylation sites is 1. The van der Waals surface area contributed by atoms with E-state index < -0.39 is 68.0 Å². The van der Waals surface area contributed by atoms with Crippen LogP contribution in [0.5, 0.6) is 5.19 Å². The van der Waals surface area contributed by atoms with Crippen molar-refractivity contribution in [1.29, 1.82) is 0 Å². The number of carbonyl (C=O) groups is 3. The lowest BCUT2D eigenvalue weighted by Crippen LogP contribution is -2.58. The number of hydrogen-bond acceptors (Lipinski definition) is 9. The summed E-state index contributed by atoms with van der Waals surface area (Å²) in [6, 6.07) is 10.0. The van der Waals surface area contributed by atoms with Gasteiger partial charge < -0.3 is 20.3 Å². The highest BCUT2D eigenvalue weighted by Crippen LogP contribution is 2.51. The summed E-state index contributed by atoms with van der Waals surface area (Å²) in [6.07, 6.45) is 0.325. The summed E-state index contributed by atoms with van der Waals surface area (Å²) in [6.45, 7) is 3.62. The lowest BCUT2D eigenvalue weighted by Gasteiger charge is -2.30. The molecule has 2 aliphatic carbocycles. The molecule has 2 saturated heterocycles. The van der Waals surface area contributed by atoms with Crippen molar-refractivity contribution in [2.24, 2.45) is 11.8 Å². The van der Waals surface area contributed by atoms with Gasteiger partial charge in [0.25, 0.3) is 11.1 Å². The third-order valence-electron chi connectivity index (χ3n) is 11.4. The van der Waals surface area contributed by atoms with Crippen molar-refractivity contribution in [3.8, 4) is 5.19 Å². The Balaban J connectivity index is 1.19. The Hall–Kier alpha value is -3.92. The lowest BCUT2D eigenvalue weighted by molar-refractivity contribution is -0.140. The molecule has 1 unspecified atom stereocenters. The van der Waals surface area contributed by atoms with Crippen molar-refractivity contribution in [3.63, 3.8) is 0 Å². The van der Waals surface area contributed by atoms with E-state index in [4.69, 9.17) is 4.74 Å². The molecule has 16 heteroatoms. The number of halogens is 3. The number of benzene rings is 2. The van der Waals surface area contributed by atoms with Crippen molar-refractivity contribution in [2.75, 3.05) is 11.9 Å². The number of sulfonamides is 1. The van der Waals surface area contributed by atoms with E-state index in [0.29, 0.717) is 36.6 Å². The van der Waals surface area contributed by atoms with Crippen LogP contribution in [0.25, 0.3) is 10.2 Å². The van der Waals surface area contributed by atoms with Crippen LogP contribution in [0.15, 0.2) is 48.5 Å². The van der Waals surface area contributed by atoms with Gasteiger partial charge in [0.1, 0.15) is 23.7 Å². The maximum absolute atomic E-state index is 14.5. The Morgan fingerprint density at radius 3 is 2.42 bits per heavy atom. The second-order valence-electron chi connectivity index (χ2n) is 15.3. The first-order valence-corrected chi connectivity index (χ1v) is 20.5. The van der Waals surface area contributed by atoms with Crippen molar-refractivity contribution >= 4 is 55.0 Å². The molecule has 6 atom stereocenters. The van der Waals surface area contributed by atoms with Crippen molar-refractivity contribution < 1.29 is 40.7 Å². The van der Waals surface area contributed by atoms with E-state index in [1.165, 1.54) is 28.4 Å². The zero-order valence-electron chi connectivity index (χ0n) is 29.6. The van der Waals surface area contributed by atoms with Crippen LogP contribution in [-0.4, -0.2) is 71.0 Å². The molecule has 53 heavy (non-hydrogen) atoms. The van der Waals surface area contributed by atoms with Crippen LogP contribution in [-0.2, 0) is 30.6 Å². The van der Waals surface area contributed by atoms with E-state index in [1.807, 2.05) is 31.2 Å². The fourth-order valence-electron chi connectivity index (χ4n) is 7.72. The summed E-state index contributed by atoms with van der Waals surface area (Å²) in [7, 11) is -3.99. The lowest BCUT2D eigenvalue weighted by atomic mass is 9.94. The van der Waals surface area contributed by atoms with E-state index >= 15 is 0 Å². The SMILES string of the molecule is CC1CCCCCC[C@H](Nc2ccc(C(F)(F)F)cc2)C(=O)N2C[C@H](Oc3nc4ccccc4s3)C[C@H]2C(=O)N[C@]2(C(=O)NS(=O)(=O)C3(C)CC3)C[C@@H]12. The average Bonchev–Trinajstić information content (AvgIpc) is 3.94. The van der Waals surface area contributed by atoms with Crippen LogP contribution in [0, 0.1) is 11.8 Å². The monoisotopic (exact) mass is 775 g/mol. The van der Waals surface area contributed by atoms with Crippen molar-refractivity contribution in [3.05, 3.63) is 54.1 Å². The van der Waals surface area contributed by atoms with Gasteiger partial charge in [-0.3, -0.25) is 19.1 Å². The summed E-state index contributed by atoms with van der Waals surface area (Å²) < 4.78 is 74.7. The van der Waals surface area contributed by atoms with E-state index in [-0.39, 0.29) is 31.2 Å². The molecule has 4 aliphatic rings. The van der Waals surface area contributed by atoms with Gasteiger partial charge in [0.15, 0.2) is 0 Å². The molecule has 286 valence electrons. The first kappa shape index (κ1) is 37.4. The van der Waals surface area contributed by atoms with E-state index in [9.17, 15) is 36.0 Å². The first-order chi connectivity index (χ1) is 25.1. The molecule has 7 rings (SSSR count). The van der Waals surface area contributed by atoms with Gasteiger partial charge in [0, 0.05) is 12.1 Å². The van der Waals surface area contributed by atoms with E-state index in [1.54, 1.807) is 6.92 Å². The molecule has 2 aliphatic heterocycles. The van der Waals surface area contributed by atoms with Gasteiger partial charge in [-0.15, -0.1) is 0 Å². The zero-order chi connectivity index (χ0) is 37.8. The minimum absolute atomic E-state index is 0.0101. The van der Waals surface area contributed by atoms with Crippen LogP contribution < -0.4 is 20.1 Å². The number of aromatic nitrogens is 1. The number of nitrogens with one attached hydrogen (secondary N) is 3. The van der Waals surface area contributed by atoms with Crippen molar-refractivity contribution in [2.45, 2.75) is 113 Å². The summed E-state index contributed by atoms with van der Waals surface area (Å²) in [5.74, 6) is -2.08. The minimum Gasteiger partial charge on any atom is -0.465 e. The normalized spacial score (nSPS) is 29.2. The van der Waals surface area contributed by atoms with Crippen LogP contribution >= 0.6 is 11.3 Å². The summed E-state index contributed by atoms with van der Waals surface area (Å²) in [5.41, 5.74) is -1.21. The van der Waals surface area contributed by atoms with Crippen LogP contribution in [0.4, 0.5) is 18.9 Å². The van der Waals surface area contributed by atoms with E-state index in [2.05, 4.69) is 20.3 Å². The van der Waals surface area contributed by atoms with Gasteiger partial charge in [-0.25, -0.2) is 13.4 Å². The Labute approximate surface area is 310 Å². The highest BCUT2D eigenvalue weighted by Gasteiger charge is 2.65. The molecular formula is C37H44F3N5O6S2. The standard InChI is InChI=1S/C37H44F3N5O6S2/c1-22-9-5-3-4-6-11-28(41-24-15-13-23(14-16-24)37(38,39)40)32(47)45-21-25(51-34-42-27-10-7-8-12-30(27)52-34)19-29(45)31(46)43-36(20-26(22)36)33(48)44-53(49,50)35(2)17-18-35/h7-8,10,12-16,22,25-26,28-29,41H,3-6,9,11,17-21H2,1-2H3,(H,43,46)(H,44,48)/t22?,25-,26+,28+,29+,36-/m1/s1. The van der Waals surface area contributed by atoms with Gasteiger partial charge in [-0.05, 0) is 80.8 Å². The van der Waals surface area contributed by atoms with Gasteiger partial charge in [0.05, 0.1) is 27.1 Å². The molecule has 0 radical (unpaired) electrons. The predicted molar refractivity (Wildman–Crippen MR) is 194 cm³/mol. The zero-order valence-corrected chi connectivity index (χ0v) is 31.2. The average molecular weight is 776 g/mol. The fourth-order valence-corrected chi connectivity index (χ4v) is 9.92. The number of amides is 3. The Kier molecular flexibility index (Phi) is 9.92. The molecule has 3 heterocycles. The van der Waals surface area contributed by atoms with Gasteiger partial charge in [-0.2, -0.15) is 13.2 Å². The smallest absolute Gasteiger partial charge is 0.416 e. The summed E-state index contributed by atoms with van der Waals surface area (Å²) in [4.78, 5) is 48.8. The summed E-state index contributed by atoms with van der Waals surface area (Å²) in [5, 5.41) is 6.45. The number of alkyl halides is 3. The highest BCUT2D eigenvalue weighted by atomic mass is 32.2. The highest BCUT2D eigenvalue weighted by molar-refractivity contribution is 7.91. The maximum Gasteiger partial charge on any atom is 0.416 e. The Morgan fingerprint density at radius 1 is 1.04 bits per heavy atom.